The van der Waals surface area contributed by atoms with Crippen molar-refractivity contribution in [1.82, 2.24) is 14.7 Å². The van der Waals surface area contributed by atoms with Crippen LogP contribution in [0.3, 0.4) is 0 Å². The highest BCUT2D eigenvalue weighted by Crippen LogP contribution is 2.07. The Kier molecular flexibility index (Phi) is 6.12. The van der Waals surface area contributed by atoms with Gasteiger partial charge < -0.3 is 9.80 Å². The van der Waals surface area contributed by atoms with Crippen molar-refractivity contribution in [2.24, 2.45) is 0 Å². The van der Waals surface area contributed by atoms with Crippen LogP contribution in [0.5, 0.6) is 0 Å². The predicted molar refractivity (Wildman–Crippen MR) is 86.2 cm³/mol. The standard InChI is InChI=1S/C17H22N4O2/c1-15(22)20-9-11-21(12-10-20)17(23)14-19(8-7-18)13-16-5-3-2-4-6-16/h2-6H,8-14H2,1H3. The topological polar surface area (TPSA) is 67.7 Å². The van der Waals surface area contributed by atoms with E-state index in [0.717, 1.165) is 5.56 Å². The van der Waals surface area contributed by atoms with E-state index in [0.29, 0.717) is 32.7 Å². The Labute approximate surface area is 136 Å². The quantitative estimate of drug-likeness (QED) is 0.751. The van der Waals surface area contributed by atoms with Crippen molar-refractivity contribution in [3.63, 3.8) is 0 Å². The number of hydrogen-bond acceptors (Lipinski definition) is 4. The molecule has 0 unspecified atom stereocenters. The average molecular weight is 314 g/mol. The van der Waals surface area contributed by atoms with Gasteiger partial charge in [-0.15, -0.1) is 0 Å². The lowest BCUT2D eigenvalue weighted by atomic mass is 10.2. The molecule has 0 atom stereocenters. The molecule has 0 aliphatic carbocycles. The molecule has 1 aromatic rings. The summed E-state index contributed by atoms with van der Waals surface area (Å²) >= 11 is 0. The minimum atomic E-state index is 0.0133. The molecule has 6 heteroatoms. The van der Waals surface area contributed by atoms with Crippen LogP contribution in [-0.2, 0) is 16.1 Å². The van der Waals surface area contributed by atoms with Gasteiger partial charge in [-0.3, -0.25) is 14.5 Å². The van der Waals surface area contributed by atoms with Gasteiger partial charge in [-0.1, -0.05) is 30.3 Å². The van der Waals surface area contributed by atoms with E-state index in [1.54, 1.807) is 16.7 Å². The number of hydrogen-bond donors (Lipinski definition) is 0. The summed E-state index contributed by atoms with van der Waals surface area (Å²) in [5, 5.41) is 8.97. The summed E-state index contributed by atoms with van der Waals surface area (Å²) in [7, 11) is 0. The van der Waals surface area contributed by atoms with Gasteiger partial charge in [-0.05, 0) is 5.56 Å². The number of carbonyl (C=O) groups is 2. The molecule has 2 amide bonds. The first-order valence-corrected chi connectivity index (χ1v) is 7.76. The van der Waals surface area contributed by atoms with Crippen molar-refractivity contribution in [2.45, 2.75) is 13.5 Å². The van der Waals surface area contributed by atoms with E-state index in [1.165, 1.54) is 0 Å². The Bertz CT molecular complexity index is 574. The molecule has 0 saturated carbocycles. The summed E-state index contributed by atoms with van der Waals surface area (Å²) in [6.07, 6.45) is 0. The zero-order valence-corrected chi connectivity index (χ0v) is 13.4. The summed E-state index contributed by atoms with van der Waals surface area (Å²) < 4.78 is 0. The lowest BCUT2D eigenvalue weighted by molar-refractivity contribution is -0.139. The van der Waals surface area contributed by atoms with E-state index < -0.39 is 0 Å². The highest BCUT2D eigenvalue weighted by Gasteiger charge is 2.23. The summed E-state index contributed by atoms with van der Waals surface area (Å²) in [6, 6.07) is 11.9. The lowest BCUT2D eigenvalue weighted by Crippen LogP contribution is -2.52. The predicted octanol–water partition coefficient (Wildman–Crippen LogP) is 0.703. The molecule has 1 saturated heterocycles. The van der Waals surface area contributed by atoms with E-state index in [-0.39, 0.29) is 24.9 Å². The van der Waals surface area contributed by atoms with E-state index in [1.807, 2.05) is 35.2 Å². The summed E-state index contributed by atoms with van der Waals surface area (Å²) in [4.78, 5) is 29.1. The van der Waals surface area contributed by atoms with Crippen LogP contribution in [0.1, 0.15) is 12.5 Å². The van der Waals surface area contributed by atoms with Gasteiger partial charge in [0.15, 0.2) is 0 Å². The van der Waals surface area contributed by atoms with Crippen LogP contribution in [0.4, 0.5) is 0 Å². The third-order valence-electron chi connectivity index (χ3n) is 3.98. The zero-order valence-electron chi connectivity index (χ0n) is 13.4. The van der Waals surface area contributed by atoms with Crippen molar-refractivity contribution in [1.29, 1.82) is 5.26 Å². The van der Waals surface area contributed by atoms with Crippen molar-refractivity contribution >= 4 is 11.8 Å². The Morgan fingerprint density at radius 2 is 1.74 bits per heavy atom. The molecule has 1 aliphatic heterocycles. The van der Waals surface area contributed by atoms with Crippen molar-refractivity contribution in [3.05, 3.63) is 35.9 Å². The molecule has 0 radical (unpaired) electrons. The van der Waals surface area contributed by atoms with Gasteiger partial charge in [0.05, 0.1) is 19.2 Å². The van der Waals surface area contributed by atoms with E-state index >= 15 is 0 Å². The van der Waals surface area contributed by atoms with Crippen LogP contribution in [0.25, 0.3) is 0 Å². The fraction of sp³-hybridized carbons (Fsp3) is 0.471. The third kappa shape index (κ3) is 5.08. The summed E-state index contributed by atoms with van der Waals surface area (Å²) in [6.45, 7) is 4.85. The fourth-order valence-corrected chi connectivity index (χ4v) is 2.67. The van der Waals surface area contributed by atoms with Gasteiger partial charge >= 0.3 is 0 Å². The minimum absolute atomic E-state index is 0.0133. The number of nitriles is 1. The maximum Gasteiger partial charge on any atom is 0.236 e. The van der Waals surface area contributed by atoms with Crippen molar-refractivity contribution in [3.8, 4) is 6.07 Å². The minimum Gasteiger partial charge on any atom is -0.339 e. The van der Waals surface area contributed by atoms with Gasteiger partial charge in [0.1, 0.15) is 0 Å². The highest BCUT2D eigenvalue weighted by molar-refractivity contribution is 5.79. The van der Waals surface area contributed by atoms with Gasteiger partial charge in [0.25, 0.3) is 0 Å². The number of carbonyl (C=O) groups excluding carboxylic acids is 2. The number of rotatable bonds is 5. The number of amides is 2. The van der Waals surface area contributed by atoms with Gasteiger partial charge in [0.2, 0.25) is 11.8 Å². The van der Waals surface area contributed by atoms with E-state index in [2.05, 4.69) is 6.07 Å². The SMILES string of the molecule is CC(=O)N1CCN(C(=O)CN(CC#N)Cc2ccccc2)CC1. The van der Waals surface area contributed by atoms with E-state index in [4.69, 9.17) is 5.26 Å². The van der Waals surface area contributed by atoms with Crippen LogP contribution >= 0.6 is 0 Å². The van der Waals surface area contributed by atoms with Crippen LogP contribution in [0.15, 0.2) is 30.3 Å². The second kappa shape index (κ2) is 8.30. The molecule has 2 rings (SSSR count). The highest BCUT2D eigenvalue weighted by atomic mass is 16.2. The first kappa shape index (κ1) is 17.0. The summed E-state index contributed by atoms with van der Waals surface area (Å²) in [5.74, 6) is 0.0617. The molecule has 23 heavy (non-hydrogen) atoms. The number of nitrogens with zero attached hydrogens (tertiary/aromatic N) is 4. The van der Waals surface area contributed by atoms with Crippen LogP contribution in [0, 0.1) is 11.3 Å². The van der Waals surface area contributed by atoms with Crippen LogP contribution in [0.2, 0.25) is 0 Å². The van der Waals surface area contributed by atoms with Crippen molar-refractivity contribution in [2.75, 3.05) is 39.3 Å². The van der Waals surface area contributed by atoms with Gasteiger partial charge in [-0.2, -0.15) is 5.26 Å². The molecule has 6 nitrogen and oxygen atoms in total. The largest absolute Gasteiger partial charge is 0.339 e. The molecular weight excluding hydrogens is 292 g/mol. The molecule has 0 bridgehead atoms. The number of benzene rings is 1. The first-order chi connectivity index (χ1) is 11.1. The van der Waals surface area contributed by atoms with E-state index in [9.17, 15) is 9.59 Å². The normalized spacial score (nSPS) is 14.7. The average Bonchev–Trinajstić information content (AvgIpc) is 2.56. The molecule has 1 aliphatic rings. The first-order valence-electron chi connectivity index (χ1n) is 7.76. The van der Waals surface area contributed by atoms with Crippen molar-refractivity contribution < 1.29 is 9.59 Å². The molecular formula is C17H22N4O2. The lowest BCUT2D eigenvalue weighted by Gasteiger charge is -2.35. The smallest absolute Gasteiger partial charge is 0.236 e. The number of piperazine rings is 1. The molecule has 0 spiro atoms. The monoisotopic (exact) mass is 314 g/mol. The second-order valence-corrected chi connectivity index (χ2v) is 5.68. The molecule has 1 aromatic carbocycles. The van der Waals surface area contributed by atoms with Crippen LogP contribution < -0.4 is 0 Å². The Morgan fingerprint density at radius 1 is 1.13 bits per heavy atom. The van der Waals surface area contributed by atoms with Crippen LogP contribution in [-0.4, -0.2) is 65.8 Å². The maximum atomic E-state index is 12.4. The molecule has 0 aromatic heterocycles. The zero-order chi connectivity index (χ0) is 16.7. The maximum absolute atomic E-state index is 12.4. The molecule has 0 N–H and O–H groups in total. The fourth-order valence-electron chi connectivity index (χ4n) is 2.67. The second-order valence-electron chi connectivity index (χ2n) is 5.68. The third-order valence-corrected chi connectivity index (χ3v) is 3.98. The summed E-state index contributed by atoms with van der Waals surface area (Å²) in [5.41, 5.74) is 1.08. The Hall–Kier alpha value is -2.39. The molecule has 1 heterocycles. The van der Waals surface area contributed by atoms with Gasteiger partial charge in [0, 0.05) is 39.6 Å². The Balaban J connectivity index is 1.88. The molecule has 1 fully saturated rings. The molecule has 122 valence electrons. The van der Waals surface area contributed by atoms with Gasteiger partial charge in [-0.25, -0.2) is 0 Å². The Morgan fingerprint density at radius 3 is 2.30 bits per heavy atom.